The van der Waals surface area contributed by atoms with Crippen molar-refractivity contribution in [2.45, 2.75) is 38.1 Å². The Kier molecular flexibility index (Phi) is 3.77. The van der Waals surface area contributed by atoms with E-state index in [1.54, 1.807) is 13.0 Å². The normalized spacial score (nSPS) is 13.6. The van der Waals surface area contributed by atoms with Crippen molar-refractivity contribution < 1.29 is 17.4 Å². The summed E-state index contributed by atoms with van der Waals surface area (Å²) in [6.45, 7) is 5.32. The van der Waals surface area contributed by atoms with Gasteiger partial charge in [-0.2, -0.15) is 0 Å². The Morgan fingerprint density at radius 3 is 2.74 bits per heavy atom. The van der Waals surface area contributed by atoms with Crippen molar-refractivity contribution in [1.82, 2.24) is 9.88 Å². The first kappa shape index (κ1) is 13.8. The average Bonchev–Trinajstić information content (AvgIpc) is 2.96. The molecule has 0 spiro atoms. The van der Waals surface area contributed by atoms with Crippen LogP contribution in [0.25, 0.3) is 11.5 Å². The SMILES string of the molecule is CCC(C)NS(=O)(=O)c1cc(-c2ccno2)oc1C. The van der Waals surface area contributed by atoms with E-state index in [1.807, 2.05) is 13.8 Å². The number of hydrogen-bond acceptors (Lipinski definition) is 5. The lowest BCUT2D eigenvalue weighted by atomic mass is 10.3. The minimum absolute atomic E-state index is 0.124. The third-order valence-corrected chi connectivity index (χ3v) is 4.51. The molecule has 0 aliphatic carbocycles. The predicted molar refractivity (Wildman–Crippen MR) is 69.0 cm³/mol. The van der Waals surface area contributed by atoms with Gasteiger partial charge in [-0.05, 0) is 20.3 Å². The summed E-state index contributed by atoms with van der Waals surface area (Å²) in [6, 6.07) is 2.92. The third kappa shape index (κ3) is 2.87. The molecule has 0 aliphatic heterocycles. The number of rotatable bonds is 5. The molecule has 0 saturated heterocycles. The van der Waals surface area contributed by atoms with Gasteiger partial charge < -0.3 is 8.94 Å². The van der Waals surface area contributed by atoms with Crippen molar-refractivity contribution in [2.24, 2.45) is 0 Å². The largest absolute Gasteiger partial charge is 0.457 e. The highest BCUT2D eigenvalue weighted by molar-refractivity contribution is 7.89. The van der Waals surface area contributed by atoms with Gasteiger partial charge >= 0.3 is 0 Å². The number of nitrogens with zero attached hydrogens (tertiary/aromatic N) is 1. The van der Waals surface area contributed by atoms with Crippen LogP contribution in [0.1, 0.15) is 26.0 Å². The molecule has 2 aromatic heterocycles. The van der Waals surface area contributed by atoms with Crippen molar-refractivity contribution in [3.63, 3.8) is 0 Å². The fourth-order valence-electron chi connectivity index (χ4n) is 1.61. The Balaban J connectivity index is 2.36. The molecule has 0 fully saturated rings. The maximum atomic E-state index is 12.2. The molecule has 6 nitrogen and oxygen atoms in total. The van der Waals surface area contributed by atoms with Crippen LogP contribution in [0.3, 0.4) is 0 Å². The average molecular weight is 284 g/mol. The number of nitrogens with one attached hydrogen (secondary N) is 1. The van der Waals surface area contributed by atoms with Crippen LogP contribution in [-0.4, -0.2) is 19.6 Å². The molecule has 0 amide bonds. The van der Waals surface area contributed by atoms with E-state index in [4.69, 9.17) is 8.94 Å². The molecule has 104 valence electrons. The Labute approximate surface area is 111 Å². The first-order valence-electron chi connectivity index (χ1n) is 5.98. The molecular formula is C12H16N2O4S. The summed E-state index contributed by atoms with van der Waals surface area (Å²) < 4.78 is 37.3. The van der Waals surface area contributed by atoms with E-state index >= 15 is 0 Å². The Morgan fingerprint density at radius 2 is 2.16 bits per heavy atom. The molecule has 0 radical (unpaired) electrons. The van der Waals surface area contributed by atoms with Crippen LogP contribution in [0.2, 0.25) is 0 Å². The molecule has 2 heterocycles. The summed E-state index contributed by atoms with van der Waals surface area (Å²) in [5.41, 5.74) is 0. The van der Waals surface area contributed by atoms with Crippen LogP contribution in [0.4, 0.5) is 0 Å². The van der Waals surface area contributed by atoms with Gasteiger partial charge in [0.15, 0.2) is 5.76 Å². The molecule has 7 heteroatoms. The summed E-state index contributed by atoms with van der Waals surface area (Å²) in [6.07, 6.45) is 2.18. The van der Waals surface area contributed by atoms with Gasteiger partial charge in [0.2, 0.25) is 15.8 Å². The lowest BCUT2D eigenvalue weighted by Gasteiger charge is -2.10. The molecule has 0 saturated carbocycles. The van der Waals surface area contributed by atoms with E-state index in [9.17, 15) is 8.42 Å². The molecule has 1 unspecified atom stereocenters. The second-order valence-electron chi connectivity index (χ2n) is 4.34. The molecule has 2 rings (SSSR count). The predicted octanol–water partition coefficient (Wildman–Crippen LogP) is 2.32. The quantitative estimate of drug-likeness (QED) is 0.910. The zero-order chi connectivity index (χ0) is 14.0. The van der Waals surface area contributed by atoms with Gasteiger partial charge in [-0.1, -0.05) is 12.1 Å². The van der Waals surface area contributed by atoms with Gasteiger partial charge in [0.1, 0.15) is 10.7 Å². The minimum Gasteiger partial charge on any atom is -0.457 e. The highest BCUT2D eigenvalue weighted by Crippen LogP contribution is 2.27. The zero-order valence-electron chi connectivity index (χ0n) is 11.0. The standard InChI is InChI=1S/C12H16N2O4S/c1-4-8(2)14-19(15,16)12-7-11(17-9(12)3)10-5-6-13-18-10/h5-8,14H,4H2,1-3H3. The second-order valence-corrected chi connectivity index (χ2v) is 6.02. The molecule has 0 aliphatic rings. The molecule has 0 aromatic carbocycles. The van der Waals surface area contributed by atoms with Crippen molar-refractivity contribution >= 4 is 10.0 Å². The number of sulfonamides is 1. The Bertz CT molecular complexity index is 643. The Hall–Kier alpha value is -1.60. The van der Waals surface area contributed by atoms with E-state index in [0.29, 0.717) is 23.7 Å². The molecule has 0 bridgehead atoms. The maximum Gasteiger partial charge on any atom is 0.244 e. The van der Waals surface area contributed by atoms with Crippen LogP contribution in [0.5, 0.6) is 0 Å². The van der Waals surface area contributed by atoms with Gasteiger partial charge in [-0.25, -0.2) is 13.1 Å². The van der Waals surface area contributed by atoms with Gasteiger partial charge in [0.05, 0.1) is 6.20 Å². The molecule has 1 atom stereocenters. The number of aromatic nitrogens is 1. The molecular weight excluding hydrogens is 268 g/mol. The van der Waals surface area contributed by atoms with E-state index in [2.05, 4.69) is 9.88 Å². The Morgan fingerprint density at radius 1 is 1.42 bits per heavy atom. The topological polar surface area (TPSA) is 85.3 Å². The maximum absolute atomic E-state index is 12.2. The van der Waals surface area contributed by atoms with Crippen molar-refractivity contribution in [1.29, 1.82) is 0 Å². The number of hydrogen-bond donors (Lipinski definition) is 1. The number of aryl methyl sites for hydroxylation is 1. The monoisotopic (exact) mass is 284 g/mol. The fourth-order valence-corrected chi connectivity index (χ4v) is 3.11. The van der Waals surface area contributed by atoms with Crippen molar-refractivity contribution in [2.75, 3.05) is 0 Å². The van der Waals surface area contributed by atoms with Crippen molar-refractivity contribution in [3.8, 4) is 11.5 Å². The van der Waals surface area contributed by atoms with Crippen LogP contribution in [0, 0.1) is 6.92 Å². The molecule has 2 aromatic rings. The van der Waals surface area contributed by atoms with E-state index in [1.165, 1.54) is 12.3 Å². The lowest BCUT2D eigenvalue weighted by Crippen LogP contribution is -2.32. The molecule has 19 heavy (non-hydrogen) atoms. The summed E-state index contributed by atoms with van der Waals surface area (Å²) in [4.78, 5) is 0.124. The highest BCUT2D eigenvalue weighted by atomic mass is 32.2. The van der Waals surface area contributed by atoms with Crippen LogP contribution < -0.4 is 4.72 Å². The van der Waals surface area contributed by atoms with Crippen LogP contribution in [0.15, 0.2) is 32.2 Å². The van der Waals surface area contributed by atoms with Crippen LogP contribution >= 0.6 is 0 Å². The van der Waals surface area contributed by atoms with E-state index in [-0.39, 0.29) is 10.9 Å². The number of furan rings is 1. The lowest BCUT2D eigenvalue weighted by molar-refractivity contribution is 0.414. The summed E-state index contributed by atoms with van der Waals surface area (Å²) in [7, 11) is -3.58. The van der Waals surface area contributed by atoms with Gasteiger partial charge in [-0.15, -0.1) is 0 Å². The summed E-state index contributed by atoms with van der Waals surface area (Å²) >= 11 is 0. The highest BCUT2D eigenvalue weighted by Gasteiger charge is 2.24. The van der Waals surface area contributed by atoms with Gasteiger partial charge in [0.25, 0.3) is 0 Å². The first-order valence-corrected chi connectivity index (χ1v) is 7.46. The second kappa shape index (κ2) is 5.18. The molecule has 1 N–H and O–H groups in total. The summed E-state index contributed by atoms with van der Waals surface area (Å²) in [5.74, 6) is 1.06. The third-order valence-electron chi connectivity index (χ3n) is 2.81. The van der Waals surface area contributed by atoms with Gasteiger partial charge in [-0.3, -0.25) is 0 Å². The zero-order valence-corrected chi connectivity index (χ0v) is 11.8. The van der Waals surface area contributed by atoms with E-state index in [0.717, 1.165) is 0 Å². The van der Waals surface area contributed by atoms with Crippen LogP contribution in [-0.2, 0) is 10.0 Å². The fraction of sp³-hybridized carbons (Fsp3) is 0.417. The summed E-state index contributed by atoms with van der Waals surface area (Å²) in [5, 5.41) is 3.56. The van der Waals surface area contributed by atoms with Crippen molar-refractivity contribution in [3.05, 3.63) is 24.1 Å². The smallest absolute Gasteiger partial charge is 0.244 e. The minimum atomic E-state index is -3.58. The first-order chi connectivity index (χ1) is 8.94. The van der Waals surface area contributed by atoms with E-state index < -0.39 is 10.0 Å². The van der Waals surface area contributed by atoms with Gasteiger partial charge in [0, 0.05) is 18.2 Å².